The van der Waals surface area contributed by atoms with Crippen molar-refractivity contribution in [3.63, 3.8) is 0 Å². The van der Waals surface area contributed by atoms with Gasteiger partial charge in [0.15, 0.2) is 0 Å². The first-order chi connectivity index (χ1) is 12.4. The number of amides is 1. The van der Waals surface area contributed by atoms with Crippen molar-refractivity contribution in [2.45, 2.75) is 59.3 Å². The standard InChI is InChI=1S/C23H30N2O2/c1-15-8-10-17(11-9-15)21(27)25-24-14-16-12-18(22(2,3)4)20(26)19(13-16)23(5,6)7/h8-14,26H,1-7H3,(H,25,27)/b24-14+. The molecule has 0 saturated heterocycles. The SMILES string of the molecule is Cc1ccc(C(=O)N/N=C/c2cc(C(C)(C)C)c(O)c(C(C)(C)C)c2)cc1. The van der Waals surface area contributed by atoms with Crippen LogP contribution in [-0.2, 0) is 10.8 Å². The van der Waals surface area contributed by atoms with Gasteiger partial charge in [0.2, 0.25) is 0 Å². The topological polar surface area (TPSA) is 61.7 Å². The van der Waals surface area contributed by atoms with E-state index >= 15 is 0 Å². The molecule has 1 amide bonds. The third kappa shape index (κ3) is 5.19. The molecule has 0 spiro atoms. The second-order valence-electron chi connectivity index (χ2n) is 9.03. The highest BCUT2D eigenvalue weighted by Crippen LogP contribution is 2.39. The molecule has 144 valence electrons. The second-order valence-corrected chi connectivity index (χ2v) is 9.03. The minimum atomic E-state index is -0.253. The van der Waals surface area contributed by atoms with Crippen molar-refractivity contribution in [3.8, 4) is 5.75 Å². The summed E-state index contributed by atoms with van der Waals surface area (Å²) < 4.78 is 0. The highest BCUT2D eigenvalue weighted by atomic mass is 16.3. The van der Waals surface area contributed by atoms with Gasteiger partial charge in [0.25, 0.3) is 5.91 Å². The van der Waals surface area contributed by atoms with Crippen LogP contribution in [0.15, 0.2) is 41.5 Å². The van der Waals surface area contributed by atoms with E-state index in [0.717, 1.165) is 22.3 Å². The van der Waals surface area contributed by atoms with Gasteiger partial charge in [-0.25, -0.2) is 5.43 Å². The number of carbonyl (C=O) groups is 1. The fourth-order valence-corrected chi connectivity index (χ4v) is 2.81. The van der Waals surface area contributed by atoms with Crippen molar-refractivity contribution in [1.82, 2.24) is 5.43 Å². The minimum absolute atomic E-state index is 0.209. The molecule has 0 radical (unpaired) electrons. The van der Waals surface area contributed by atoms with E-state index in [1.807, 2.05) is 31.2 Å². The average molecular weight is 367 g/mol. The molecule has 0 unspecified atom stereocenters. The molecule has 2 aromatic rings. The third-order valence-corrected chi connectivity index (χ3v) is 4.44. The van der Waals surface area contributed by atoms with E-state index in [1.165, 1.54) is 0 Å². The molecule has 2 N–H and O–H groups in total. The molecule has 0 heterocycles. The predicted octanol–water partition coefficient (Wildman–Crippen LogP) is 5.06. The molecule has 0 fully saturated rings. The zero-order valence-corrected chi connectivity index (χ0v) is 17.3. The molecular formula is C23H30N2O2. The Hall–Kier alpha value is -2.62. The number of hydrogen-bond donors (Lipinski definition) is 2. The van der Waals surface area contributed by atoms with Crippen molar-refractivity contribution in [1.29, 1.82) is 0 Å². The quantitative estimate of drug-likeness (QED) is 0.589. The van der Waals surface area contributed by atoms with Crippen LogP contribution in [0.5, 0.6) is 5.75 Å². The molecule has 0 saturated carbocycles. The number of carbonyl (C=O) groups excluding carboxylic acids is 1. The average Bonchev–Trinajstić information content (AvgIpc) is 2.54. The van der Waals surface area contributed by atoms with Gasteiger partial charge in [-0.05, 0) is 47.6 Å². The van der Waals surface area contributed by atoms with Crippen molar-refractivity contribution in [3.05, 3.63) is 64.2 Å². The largest absolute Gasteiger partial charge is 0.507 e. The van der Waals surface area contributed by atoms with Crippen LogP contribution in [-0.4, -0.2) is 17.2 Å². The molecule has 0 aliphatic heterocycles. The third-order valence-electron chi connectivity index (χ3n) is 4.44. The number of hydrazone groups is 1. The van der Waals surface area contributed by atoms with Crippen LogP contribution < -0.4 is 5.43 Å². The number of aromatic hydroxyl groups is 1. The van der Waals surface area contributed by atoms with Crippen molar-refractivity contribution < 1.29 is 9.90 Å². The Bertz CT molecular complexity index is 816. The Morgan fingerprint density at radius 1 is 0.963 bits per heavy atom. The monoisotopic (exact) mass is 366 g/mol. The summed E-state index contributed by atoms with van der Waals surface area (Å²) in [6.07, 6.45) is 1.62. The minimum Gasteiger partial charge on any atom is -0.507 e. The number of nitrogens with zero attached hydrogens (tertiary/aromatic N) is 1. The molecular weight excluding hydrogens is 336 g/mol. The van der Waals surface area contributed by atoms with Gasteiger partial charge in [-0.3, -0.25) is 4.79 Å². The van der Waals surface area contributed by atoms with Gasteiger partial charge in [0.1, 0.15) is 5.75 Å². The van der Waals surface area contributed by atoms with E-state index in [-0.39, 0.29) is 16.7 Å². The molecule has 4 nitrogen and oxygen atoms in total. The normalized spacial score (nSPS) is 12.4. The molecule has 0 aliphatic rings. The highest BCUT2D eigenvalue weighted by molar-refractivity contribution is 5.95. The lowest BCUT2D eigenvalue weighted by Gasteiger charge is -2.27. The first-order valence-corrected chi connectivity index (χ1v) is 9.17. The fourth-order valence-electron chi connectivity index (χ4n) is 2.81. The first-order valence-electron chi connectivity index (χ1n) is 9.17. The summed E-state index contributed by atoms with van der Waals surface area (Å²) in [5, 5.41) is 14.9. The van der Waals surface area contributed by atoms with Gasteiger partial charge in [-0.2, -0.15) is 5.10 Å². The Kier molecular flexibility index (Phi) is 5.79. The van der Waals surface area contributed by atoms with Gasteiger partial charge in [-0.1, -0.05) is 59.2 Å². The Morgan fingerprint density at radius 3 is 1.89 bits per heavy atom. The summed E-state index contributed by atoms with van der Waals surface area (Å²) in [6.45, 7) is 14.4. The number of nitrogens with one attached hydrogen (secondary N) is 1. The molecule has 0 atom stereocenters. The number of hydrogen-bond acceptors (Lipinski definition) is 3. The lowest BCUT2D eigenvalue weighted by atomic mass is 9.78. The van der Waals surface area contributed by atoms with E-state index in [4.69, 9.17) is 0 Å². The smallest absolute Gasteiger partial charge is 0.271 e. The summed E-state index contributed by atoms with van der Waals surface area (Å²) >= 11 is 0. The van der Waals surface area contributed by atoms with Gasteiger partial charge in [-0.15, -0.1) is 0 Å². The van der Waals surface area contributed by atoms with Gasteiger partial charge >= 0.3 is 0 Å². The van der Waals surface area contributed by atoms with Crippen LogP contribution in [0.3, 0.4) is 0 Å². The number of benzene rings is 2. The number of aryl methyl sites for hydroxylation is 1. The number of phenols is 1. The van der Waals surface area contributed by atoms with E-state index in [0.29, 0.717) is 11.3 Å². The van der Waals surface area contributed by atoms with Crippen LogP contribution in [0.2, 0.25) is 0 Å². The lowest BCUT2D eigenvalue weighted by Crippen LogP contribution is -2.19. The van der Waals surface area contributed by atoms with Crippen LogP contribution in [0, 0.1) is 6.92 Å². The molecule has 2 rings (SSSR count). The summed E-state index contributed by atoms with van der Waals surface area (Å²) in [5.74, 6) is 0.0768. The van der Waals surface area contributed by atoms with E-state index in [1.54, 1.807) is 18.3 Å². The van der Waals surface area contributed by atoms with Crippen LogP contribution in [0.4, 0.5) is 0 Å². The maximum Gasteiger partial charge on any atom is 0.271 e. The van der Waals surface area contributed by atoms with Crippen LogP contribution in [0.25, 0.3) is 0 Å². The summed E-state index contributed by atoms with van der Waals surface area (Å²) in [6, 6.07) is 11.2. The number of rotatable bonds is 3. The molecule has 0 aliphatic carbocycles. The maximum atomic E-state index is 12.2. The van der Waals surface area contributed by atoms with E-state index in [2.05, 4.69) is 52.1 Å². The zero-order valence-electron chi connectivity index (χ0n) is 17.3. The molecule has 0 aromatic heterocycles. The van der Waals surface area contributed by atoms with Crippen molar-refractivity contribution in [2.75, 3.05) is 0 Å². The van der Waals surface area contributed by atoms with Gasteiger partial charge < -0.3 is 5.11 Å². The molecule has 2 aromatic carbocycles. The predicted molar refractivity (Wildman–Crippen MR) is 112 cm³/mol. The first kappa shape index (κ1) is 20.7. The second kappa shape index (κ2) is 7.55. The van der Waals surface area contributed by atoms with Crippen LogP contribution >= 0.6 is 0 Å². The van der Waals surface area contributed by atoms with Gasteiger partial charge in [0.05, 0.1) is 6.21 Å². The Balaban J connectivity index is 2.31. The molecule has 27 heavy (non-hydrogen) atoms. The Labute approximate surface area is 162 Å². The summed E-state index contributed by atoms with van der Waals surface area (Å²) in [5.41, 5.74) is 6.38. The molecule has 4 heteroatoms. The van der Waals surface area contributed by atoms with E-state index < -0.39 is 0 Å². The van der Waals surface area contributed by atoms with Gasteiger partial charge in [0, 0.05) is 16.7 Å². The molecule has 0 bridgehead atoms. The maximum absolute atomic E-state index is 12.2. The fraction of sp³-hybridized carbons (Fsp3) is 0.391. The number of phenolic OH excluding ortho intramolecular Hbond substituents is 1. The van der Waals surface area contributed by atoms with Crippen molar-refractivity contribution >= 4 is 12.1 Å². The highest BCUT2D eigenvalue weighted by Gasteiger charge is 2.26. The lowest BCUT2D eigenvalue weighted by molar-refractivity contribution is 0.0955. The van der Waals surface area contributed by atoms with Crippen molar-refractivity contribution in [2.24, 2.45) is 5.10 Å². The van der Waals surface area contributed by atoms with E-state index in [9.17, 15) is 9.90 Å². The van der Waals surface area contributed by atoms with Crippen LogP contribution in [0.1, 0.15) is 74.2 Å². The zero-order chi connectivity index (χ0) is 20.4. The summed E-state index contributed by atoms with van der Waals surface area (Å²) in [4.78, 5) is 12.2. The summed E-state index contributed by atoms with van der Waals surface area (Å²) in [7, 11) is 0. The Morgan fingerprint density at radius 2 is 1.44 bits per heavy atom.